The van der Waals surface area contributed by atoms with Crippen molar-refractivity contribution in [3.05, 3.63) is 71.8 Å². The lowest BCUT2D eigenvalue weighted by Gasteiger charge is -2.26. The van der Waals surface area contributed by atoms with Crippen molar-refractivity contribution in [3.63, 3.8) is 0 Å². The fourth-order valence-corrected chi connectivity index (χ4v) is 2.80. The molecule has 0 heterocycles. The summed E-state index contributed by atoms with van der Waals surface area (Å²) in [7, 11) is 0. The number of carbonyl (C=O) groups excluding carboxylic acids is 1. The molecule has 0 aliphatic carbocycles. The molecule has 2 rings (SSSR count). The minimum absolute atomic E-state index is 0.0154. The Morgan fingerprint density at radius 1 is 0.967 bits per heavy atom. The van der Waals surface area contributed by atoms with Gasteiger partial charge in [0.15, 0.2) is 0 Å². The fraction of sp³-hybridized carbons (Fsp3) is 0.375. The van der Waals surface area contributed by atoms with E-state index < -0.39 is 12.1 Å². The fourth-order valence-electron chi connectivity index (χ4n) is 2.80. The van der Waals surface area contributed by atoms with Crippen molar-refractivity contribution >= 4 is 5.97 Å². The van der Waals surface area contributed by atoms with Crippen LogP contribution < -0.4 is 9.47 Å². The van der Waals surface area contributed by atoms with E-state index in [1.807, 2.05) is 48.5 Å². The smallest absolute Gasteiger partial charge is 0.333 e. The molecule has 0 amide bonds. The lowest BCUT2D eigenvalue weighted by Crippen LogP contribution is -2.25. The van der Waals surface area contributed by atoms with Crippen LogP contribution in [0, 0.1) is 0 Å². The largest absolute Gasteiger partial charge is 0.491 e. The van der Waals surface area contributed by atoms with E-state index in [4.69, 9.17) is 19.3 Å². The van der Waals surface area contributed by atoms with E-state index in [1.54, 1.807) is 6.92 Å². The van der Waals surface area contributed by atoms with Gasteiger partial charge in [0.2, 0.25) is 0 Å². The van der Waals surface area contributed by atoms with Gasteiger partial charge >= 0.3 is 5.97 Å². The highest BCUT2D eigenvalue weighted by Gasteiger charge is 2.23. The van der Waals surface area contributed by atoms with Crippen LogP contribution in [0.2, 0.25) is 0 Å². The highest BCUT2D eigenvalue weighted by atomic mass is 16.5. The maximum atomic E-state index is 11.3. The summed E-state index contributed by atoms with van der Waals surface area (Å²) in [6.07, 6.45) is -0.920. The summed E-state index contributed by atoms with van der Waals surface area (Å²) in [6, 6.07) is 15.5. The number of benzene rings is 2. The van der Waals surface area contributed by atoms with Crippen LogP contribution >= 0.6 is 0 Å². The minimum Gasteiger partial charge on any atom is -0.491 e. The number of ether oxygens (including phenoxy) is 3. The maximum Gasteiger partial charge on any atom is 0.333 e. The standard InChI is InChI=1S/C24H30O6/c1-17(2)23(27)30-16-20(26)15-29-22-11-7-19(8-12-22)24(3,4)18-5-9-21(10-6-18)28-14-13-25/h5-12,20,25-26H,1,13-16H2,2-4H3. The van der Waals surface area contributed by atoms with E-state index in [0.717, 1.165) is 16.9 Å². The molecule has 0 bridgehead atoms. The quantitative estimate of drug-likeness (QED) is 0.434. The van der Waals surface area contributed by atoms with Crippen LogP contribution in [0.1, 0.15) is 31.9 Å². The second-order valence-electron chi connectivity index (χ2n) is 7.59. The van der Waals surface area contributed by atoms with Gasteiger partial charge in [0.05, 0.1) is 6.61 Å². The molecular formula is C24H30O6. The van der Waals surface area contributed by atoms with Crippen molar-refractivity contribution in [1.29, 1.82) is 0 Å². The third-order valence-electron chi connectivity index (χ3n) is 4.71. The van der Waals surface area contributed by atoms with Gasteiger partial charge < -0.3 is 24.4 Å². The number of aliphatic hydroxyl groups is 2. The Morgan fingerprint density at radius 2 is 1.47 bits per heavy atom. The molecule has 30 heavy (non-hydrogen) atoms. The first-order valence-corrected chi connectivity index (χ1v) is 9.82. The molecule has 6 nitrogen and oxygen atoms in total. The lowest BCUT2D eigenvalue weighted by atomic mass is 9.78. The predicted molar refractivity (Wildman–Crippen MR) is 115 cm³/mol. The van der Waals surface area contributed by atoms with Gasteiger partial charge in [-0.05, 0) is 42.3 Å². The van der Waals surface area contributed by atoms with Crippen molar-refractivity contribution in [2.45, 2.75) is 32.3 Å². The van der Waals surface area contributed by atoms with Crippen LogP contribution in [0.3, 0.4) is 0 Å². The van der Waals surface area contributed by atoms with Gasteiger partial charge in [-0.1, -0.05) is 44.7 Å². The third-order valence-corrected chi connectivity index (χ3v) is 4.71. The Morgan fingerprint density at radius 3 is 1.93 bits per heavy atom. The minimum atomic E-state index is -0.920. The summed E-state index contributed by atoms with van der Waals surface area (Å²) in [6.45, 7) is 9.43. The van der Waals surface area contributed by atoms with Crippen LogP contribution in [0.25, 0.3) is 0 Å². The zero-order valence-corrected chi connectivity index (χ0v) is 17.8. The first kappa shape index (κ1) is 23.4. The Labute approximate surface area is 177 Å². The monoisotopic (exact) mass is 414 g/mol. The Balaban J connectivity index is 1.93. The zero-order chi connectivity index (χ0) is 22.1. The Bertz CT molecular complexity index is 824. The van der Waals surface area contributed by atoms with Crippen molar-refractivity contribution in [1.82, 2.24) is 0 Å². The van der Waals surface area contributed by atoms with Gasteiger partial charge in [-0.15, -0.1) is 0 Å². The summed E-state index contributed by atoms with van der Waals surface area (Å²) in [5.74, 6) is 0.807. The van der Waals surface area contributed by atoms with Crippen molar-refractivity contribution in [2.75, 3.05) is 26.4 Å². The molecule has 1 atom stereocenters. The second kappa shape index (κ2) is 10.8. The number of rotatable bonds is 11. The molecule has 0 saturated carbocycles. The summed E-state index contributed by atoms with van der Waals surface area (Å²) in [4.78, 5) is 11.3. The van der Waals surface area contributed by atoms with Crippen LogP contribution in [0.4, 0.5) is 0 Å². The summed E-state index contributed by atoms with van der Waals surface area (Å²) in [5, 5.41) is 18.7. The molecule has 0 aliphatic heterocycles. The van der Waals surface area contributed by atoms with E-state index in [0.29, 0.717) is 5.75 Å². The predicted octanol–water partition coefficient (Wildman–Crippen LogP) is 3.24. The van der Waals surface area contributed by atoms with E-state index in [1.165, 1.54) is 0 Å². The molecule has 0 spiro atoms. The Kier molecular flexibility index (Phi) is 8.45. The van der Waals surface area contributed by atoms with Crippen molar-refractivity contribution < 1.29 is 29.2 Å². The van der Waals surface area contributed by atoms with E-state index in [2.05, 4.69) is 20.4 Å². The molecule has 6 heteroatoms. The average molecular weight is 414 g/mol. The summed E-state index contributed by atoms with van der Waals surface area (Å²) < 4.78 is 15.9. The molecule has 2 aromatic carbocycles. The molecule has 2 N–H and O–H groups in total. The molecule has 0 saturated heterocycles. The average Bonchev–Trinajstić information content (AvgIpc) is 2.75. The van der Waals surface area contributed by atoms with Gasteiger partial charge in [-0.3, -0.25) is 0 Å². The molecule has 2 aromatic rings. The topological polar surface area (TPSA) is 85.2 Å². The van der Waals surface area contributed by atoms with E-state index in [9.17, 15) is 9.90 Å². The third kappa shape index (κ3) is 6.61. The van der Waals surface area contributed by atoms with Crippen LogP contribution in [-0.4, -0.2) is 48.7 Å². The van der Waals surface area contributed by atoms with Gasteiger partial charge in [-0.2, -0.15) is 0 Å². The number of aliphatic hydroxyl groups excluding tert-OH is 2. The Hall–Kier alpha value is -2.83. The number of esters is 1. The first-order valence-electron chi connectivity index (χ1n) is 9.82. The van der Waals surface area contributed by atoms with Crippen LogP contribution in [-0.2, 0) is 14.9 Å². The number of carbonyl (C=O) groups is 1. The highest BCUT2D eigenvalue weighted by molar-refractivity contribution is 5.86. The maximum absolute atomic E-state index is 11.3. The zero-order valence-electron chi connectivity index (χ0n) is 17.8. The normalized spacial score (nSPS) is 12.2. The van der Waals surface area contributed by atoms with Gasteiger partial charge in [0, 0.05) is 11.0 Å². The summed E-state index contributed by atoms with van der Waals surface area (Å²) >= 11 is 0. The van der Waals surface area contributed by atoms with Gasteiger partial charge in [0.1, 0.15) is 37.4 Å². The van der Waals surface area contributed by atoms with Crippen molar-refractivity contribution in [2.24, 2.45) is 0 Å². The molecule has 0 aliphatic rings. The highest BCUT2D eigenvalue weighted by Crippen LogP contribution is 2.33. The van der Waals surface area contributed by atoms with Crippen molar-refractivity contribution in [3.8, 4) is 11.5 Å². The van der Waals surface area contributed by atoms with E-state index in [-0.39, 0.29) is 37.4 Å². The number of hydrogen-bond donors (Lipinski definition) is 2. The molecule has 1 unspecified atom stereocenters. The molecule has 0 aromatic heterocycles. The molecular weight excluding hydrogens is 384 g/mol. The lowest BCUT2D eigenvalue weighted by molar-refractivity contribution is -0.142. The first-order chi connectivity index (χ1) is 14.2. The SMILES string of the molecule is C=C(C)C(=O)OCC(O)COc1ccc(C(C)(C)c2ccc(OCCO)cc2)cc1. The molecule has 0 fully saturated rings. The van der Waals surface area contributed by atoms with E-state index >= 15 is 0 Å². The molecule has 162 valence electrons. The molecule has 0 radical (unpaired) electrons. The van der Waals surface area contributed by atoms with Crippen LogP contribution in [0.5, 0.6) is 11.5 Å². The second-order valence-corrected chi connectivity index (χ2v) is 7.59. The number of hydrogen-bond acceptors (Lipinski definition) is 6. The van der Waals surface area contributed by atoms with Crippen LogP contribution in [0.15, 0.2) is 60.7 Å². The van der Waals surface area contributed by atoms with Gasteiger partial charge in [-0.25, -0.2) is 4.79 Å². The summed E-state index contributed by atoms with van der Waals surface area (Å²) in [5.41, 5.74) is 2.29. The van der Waals surface area contributed by atoms with Gasteiger partial charge in [0.25, 0.3) is 0 Å².